The van der Waals surface area contributed by atoms with Crippen LogP contribution in [0.25, 0.3) is 11.0 Å². The molecule has 0 saturated carbocycles. The van der Waals surface area contributed by atoms with E-state index in [1.807, 2.05) is 20.8 Å². The van der Waals surface area contributed by atoms with Crippen molar-refractivity contribution in [3.63, 3.8) is 0 Å². The average molecular weight is 289 g/mol. The smallest absolute Gasteiger partial charge is 0.335 e. The third-order valence-corrected chi connectivity index (χ3v) is 3.60. The molecular formula is C15H19N3O3. The predicted octanol–water partition coefficient (Wildman–Crippen LogP) is 1.91. The Labute approximate surface area is 123 Å². The van der Waals surface area contributed by atoms with Gasteiger partial charge < -0.3 is 14.6 Å². The Balaban J connectivity index is 2.43. The molecule has 0 spiro atoms. The number of rotatable bonds is 5. The van der Waals surface area contributed by atoms with Crippen LogP contribution in [-0.4, -0.2) is 44.5 Å². The molecule has 0 aliphatic heterocycles. The summed E-state index contributed by atoms with van der Waals surface area (Å²) in [4.78, 5) is 29.4. The number of aryl methyl sites for hydroxylation is 1. The number of fused-ring (bicyclic) bond motifs is 1. The Bertz CT molecular complexity index is 687. The molecule has 1 aromatic carbocycles. The monoisotopic (exact) mass is 289 g/mol. The van der Waals surface area contributed by atoms with Gasteiger partial charge in [0, 0.05) is 13.1 Å². The standard InChI is InChI=1S/C15H19N3O3/c1-4-17(5-2)14(19)9-18-10(3)16-12-7-6-11(15(20)21)8-13(12)18/h6-8H,4-5,9H2,1-3H3,(H,20,21). The van der Waals surface area contributed by atoms with Gasteiger partial charge in [-0.25, -0.2) is 9.78 Å². The Morgan fingerprint density at radius 3 is 2.52 bits per heavy atom. The van der Waals surface area contributed by atoms with E-state index in [4.69, 9.17) is 5.11 Å². The lowest BCUT2D eigenvalue weighted by molar-refractivity contribution is -0.131. The summed E-state index contributed by atoms with van der Waals surface area (Å²) in [6.07, 6.45) is 0. The van der Waals surface area contributed by atoms with Crippen LogP contribution in [0, 0.1) is 6.92 Å². The van der Waals surface area contributed by atoms with Crippen LogP contribution in [0.1, 0.15) is 30.0 Å². The van der Waals surface area contributed by atoms with E-state index in [1.165, 1.54) is 6.07 Å². The van der Waals surface area contributed by atoms with E-state index < -0.39 is 5.97 Å². The molecule has 1 amide bonds. The van der Waals surface area contributed by atoms with Crippen molar-refractivity contribution in [2.45, 2.75) is 27.3 Å². The summed E-state index contributed by atoms with van der Waals surface area (Å²) in [6.45, 7) is 7.16. The van der Waals surface area contributed by atoms with Gasteiger partial charge in [-0.15, -0.1) is 0 Å². The highest BCUT2D eigenvalue weighted by molar-refractivity contribution is 5.93. The number of carboxylic acids is 1. The average Bonchev–Trinajstić information content (AvgIpc) is 2.75. The summed E-state index contributed by atoms with van der Waals surface area (Å²) in [5.41, 5.74) is 1.57. The van der Waals surface area contributed by atoms with E-state index in [2.05, 4.69) is 4.98 Å². The van der Waals surface area contributed by atoms with Gasteiger partial charge in [0.05, 0.1) is 16.6 Å². The van der Waals surface area contributed by atoms with Crippen molar-refractivity contribution >= 4 is 22.9 Å². The number of imidazole rings is 1. The van der Waals surface area contributed by atoms with Gasteiger partial charge in [0.1, 0.15) is 12.4 Å². The van der Waals surface area contributed by atoms with E-state index in [-0.39, 0.29) is 18.0 Å². The molecule has 112 valence electrons. The zero-order valence-electron chi connectivity index (χ0n) is 12.5. The molecule has 0 atom stereocenters. The fourth-order valence-electron chi connectivity index (χ4n) is 2.39. The number of carboxylic acid groups (broad SMARTS) is 1. The minimum absolute atomic E-state index is 0.00290. The third-order valence-electron chi connectivity index (χ3n) is 3.60. The van der Waals surface area contributed by atoms with E-state index in [9.17, 15) is 9.59 Å². The Kier molecular flexibility index (Phi) is 4.26. The van der Waals surface area contributed by atoms with Crippen LogP contribution in [0.3, 0.4) is 0 Å². The maximum atomic E-state index is 12.2. The van der Waals surface area contributed by atoms with Crippen molar-refractivity contribution in [1.82, 2.24) is 14.5 Å². The summed E-state index contributed by atoms with van der Waals surface area (Å²) in [5, 5.41) is 9.08. The number of aromatic carboxylic acids is 1. The second kappa shape index (κ2) is 5.95. The lowest BCUT2D eigenvalue weighted by Gasteiger charge is -2.19. The molecule has 2 rings (SSSR count). The number of hydrogen-bond acceptors (Lipinski definition) is 3. The van der Waals surface area contributed by atoms with Crippen LogP contribution in [0.15, 0.2) is 18.2 Å². The Morgan fingerprint density at radius 1 is 1.29 bits per heavy atom. The highest BCUT2D eigenvalue weighted by Crippen LogP contribution is 2.18. The van der Waals surface area contributed by atoms with Crippen molar-refractivity contribution in [2.24, 2.45) is 0 Å². The van der Waals surface area contributed by atoms with Gasteiger partial charge in [-0.05, 0) is 39.0 Å². The summed E-state index contributed by atoms with van der Waals surface area (Å²) in [5.74, 6) is -0.284. The predicted molar refractivity (Wildman–Crippen MR) is 79.4 cm³/mol. The van der Waals surface area contributed by atoms with Crippen molar-refractivity contribution in [2.75, 3.05) is 13.1 Å². The first kappa shape index (κ1) is 15.0. The lowest BCUT2D eigenvalue weighted by Crippen LogP contribution is -2.33. The number of nitrogens with zero attached hydrogens (tertiary/aromatic N) is 3. The number of hydrogen-bond donors (Lipinski definition) is 1. The maximum absolute atomic E-state index is 12.2. The lowest BCUT2D eigenvalue weighted by atomic mass is 10.2. The van der Waals surface area contributed by atoms with Gasteiger partial charge in [-0.1, -0.05) is 0 Å². The molecule has 2 aromatic rings. The normalized spacial score (nSPS) is 10.8. The molecule has 0 fully saturated rings. The van der Waals surface area contributed by atoms with Crippen molar-refractivity contribution < 1.29 is 14.7 Å². The topological polar surface area (TPSA) is 75.4 Å². The van der Waals surface area contributed by atoms with Crippen molar-refractivity contribution in [3.05, 3.63) is 29.6 Å². The molecule has 1 aromatic heterocycles. The second-order valence-corrected chi connectivity index (χ2v) is 4.82. The molecule has 0 aliphatic carbocycles. The quantitative estimate of drug-likeness (QED) is 0.912. The molecule has 6 nitrogen and oxygen atoms in total. The van der Waals surface area contributed by atoms with E-state index in [1.54, 1.807) is 21.6 Å². The van der Waals surface area contributed by atoms with Crippen LogP contribution in [0.4, 0.5) is 0 Å². The summed E-state index contributed by atoms with van der Waals surface area (Å²) >= 11 is 0. The van der Waals surface area contributed by atoms with Crippen LogP contribution in [-0.2, 0) is 11.3 Å². The summed E-state index contributed by atoms with van der Waals surface area (Å²) < 4.78 is 1.77. The minimum atomic E-state index is -0.989. The fourth-order valence-corrected chi connectivity index (χ4v) is 2.39. The molecule has 1 heterocycles. The minimum Gasteiger partial charge on any atom is -0.478 e. The molecule has 0 bridgehead atoms. The molecular weight excluding hydrogens is 270 g/mol. The van der Waals surface area contributed by atoms with Crippen LogP contribution < -0.4 is 0 Å². The third kappa shape index (κ3) is 2.89. The summed E-state index contributed by atoms with van der Waals surface area (Å²) in [6, 6.07) is 4.75. The highest BCUT2D eigenvalue weighted by atomic mass is 16.4. The molecule has 1 N–H and O–H groups in total. The van der Waals surface area contributed by atoms with Crippen molar-refractivity contribution in [1.29, 1.82) is 0 Å². The van der Waals surface area contributed by atoms with E-state index >= 15 is 0 Å². The molecule has 0 aliphatic rings. The molecule has 6 heteroatoms. The van der Waals surface area contributed by atoms with E-state index in [0.29, 0.717) is 29.9 Å². The van der Waals surface area contributed by atoms with Gasteiger partial charge in [-0.2, -0.15) is 0 Å². The molecule has 0 unspecified atom stereocenters. The zero-order valence-corrected chi connectivity index (χ0v) is 12.5. The number of amides is 1. The molecule has 0 saturated heterocycles. The highest BCUT2D eigenvalue weighted by Gasteiger charge is 2.16. The first-order valence-corrected chi connectivity index (χ1v) is 6.95. The van der Waals surface area contributed by atoms with Gasteiger partial charge in [0.15, 0.2) is 0 Å². The Morgan fingerprint density at radius 2 is 1.95 bits per heavy atom. The van der Waals surface area contributed by atoms with E-state index in [0.717, 1.165) is 0 Å². The number of likely N-dealkylation sites (N-methyl/N-ethyl adjacent to an activating group) is 1. The zero-order chi connectivity index (χ0) is 15.6. The van der Waals surface area contributed by atoms with Gasteiger partial charge in [0.25, 0.3) is 0 Å². The number of benzene rings is 1. The van der Waals surface area contributed by atoms with Gasteiger partial charge in [-0.3, -0.25) is 4.79 Å². The van der Waals surface area contributed by atoms with Crippen LogP contribution in [0.2, 0.25) is 0 Å². The van der Waals surface area contributed by atoms with Crippen molar-refractivity contribution in [3.8, 4) is 0 Å². The fraction of sp³-hybridized carbons (Fsp3) is 0.400. The SMILES string of the molecule is CCN(CC)C(=O)Cn1c(C)nc2ccc(C(=O)O)cc21. The Hall–Kier alpha value is -2.37. The first-order valence-electron chi connectivity index (χ1n) is 6.95. The maximum Gasteiger partial charge on any atom is 0.335 e. The van der Waals surface area contributed by atoms with Crippen LogP contribution >= 0.6 is 0 Å². The first-order chi connectivity index (χ1) is 9.97. The van der Waals surface area contributed by atoms with Gasteiger partial charge in [0.2, 0.25) is 5.91 Å². The summed E-state index contributed by atoms with van der Waals surface area (Å²) in [7, 11) is 0. The number of carbonyl (C=O) groups is 2. The largest absolute Gasteiger partial charge is 0.478 e. The molecule has 21 heavy (non-hydrogen) atoms. The van der Waals surface area contributed by atoms with Gasteiger partial charge >= 0.3 is 5.97 Å². The van der Waals surface area contributed by atoms with Crippen LogP contribution in [0.5, 0.6) is 0 Å². The number of carbonyl (C=O) groups excluding carboxylic acids is 1. The number of aromatic nitrogens is 2. The second-order valence-electron chi connectivity index (χ2n) is 4.82. The molecule has 0 radical (unpaired) electrons.